The van der Waals surface area contributed by atoms with Crippen LogP contribution in [-0.4, -0.2) is 0 Å². The van der Waals surface area contributed by atoms with Crippen molar-refractivity contribution in [3.05, 3.63) is 253 Å². The lowest BCUT2D eigenvalue weighted by Gasteiger charge is -2.39. The quantitative estimate of drug-likeness (QED) is 0.167. The first-order valence-corrected chi connectivity index (χ1v) is 22.4. The summed E-state index contributed by atoms with van der Waals surface area (Å²) in [6, 6.07) is 81.8. The fourth-order valence-electron chi connectivity index (χ4n) is 11.0. The number of ether oxygens (including phenoxy) is 1. The van der Waals surface area contributed by atoms with E-state index in [-0.39, 0.29) is 0 Å². The molecule has 66 heavy (non-hydrogen) atoms. The lowest BCUT2D eigenvalue weighted by molar-refractivity contribution is 0.436. The third kappa shape index (κ3) is 5.16. The zero-order valence-electron chi connectivity index (χ0n) is 35.6. The molecule has 2 aromatic heterocycles. The van der Waals surface area contributed by atoms with Crippen LogP contribution in [0.3, 0.4) is 0 Å². The van der Waals surface area contributed by atoms with Crippen LogP contribution in [0.2, 0.25) is 0 Å². The second-order valence-electron chi connectivity index (χ2n) is 17.2. The van der Waals surface area contributed by atoms with Crippen LogP contribution in [0.1, 0.15) is 22.3 Å². The molecule has 0 bridgehead atoms. The molecule has 310 valence electrons. The Kier molecular flexibility index (Phi) is 7.83. The van der Waals surface area contributed by atoms with Crippen LogP contribution in [-0.2, 0) is 5.41 Å². The molecule has 14 rings (SSSR count). The molecular weight excluding hydrogens is 809 g/mol. The fourth-order valence-corrected chi connectivity index (χ4v) is 11.0. The van der Waals surface area contributed by atoms with Crippen LogP contribution in [0.5, 0.6) is 11.5 Å². The fraction of sp³-hybridized carbons (Fsp3) is 0.0164. The standard InChI is InChI=1S/C61H38N2O3/c1-3-17-39(18-4-1)62(53-27-15-23-45-43-21-7-11-29-55(43)65-59(45)53)41-33-35-49-47(37-41)48-38-42(34-36-50(48)61(49)51-25-9-13-31-57(51)64-58-32-14-10-26-52(58)61)63(40-19-5-2-6-20-40)54-28-16-24-46-44-22-8-12-30-56(44)66-60(46)54/h1-38H. The molecule has 1 spiro atoms. The van der Waals surface area contributed by atoms with E-state index in [9.17, 15) is 0 Å². The zero-order valence-corrected chi connectivity index (χ0v) is 35.6. The maximum Gasteiger partial charge on any atom is 0.159 e. The Morgan fingerprint density at radius 2 is 0.712 bits per heavy atom. The molecule has 0 fully saturated rings. The average molecular weight is 847 g/mol. The number of hydrogen-bond donors (Lipinski definition) is 0. The van der Waals surface area contributed by atoms with Gasteiger partial charge in [0.1, 0.15) is 22.7 Å². The number of anilines is 6. The van der Waals surface area contributed by atoms with E-state index in [0.717, 1.165) is 112 Å². The van der Waals surface area contributed by atoms with E-state index >= 15 is 0 Å². The van der Waals surface area contributed by atoms with Crippen molar-refractivity contribution in [2.45, 2.75) is 5.41 Å². The Bertz CT molecular complexity index is 3630. The number of hydrogen-bond acceptors (Lipinski definition) is 5. The van der Waals surface area contributed by atoms with Crippen molar-refractivity contribution < 1.29 is 13.6 Å². The Hall–Kier alpha value is -8.80. The number of rotatable bonds is 6. The third-order valence-electron chi connectivity index (χ3n) is 13.7. The van der Waals surface area contributed by atoms with E-state index in [1.807, 2.05) is 24.3 Å². The Labute approximate surface area is 380 Å². The summed E-state index contributed by atoms with van der Waals surface area (Å²) in [4.78, 5) is 4.67. The Balaban J connectivity index is 1.06. The maximum atomic E-state index is 6.74. The molecule has 3 heterocycles. The molecule has 0 atom stereocenters. The molecule has 1 aliphatic carbocycles. The summed E-state index contributed by atoms with van der Waals surface area (Å²) in [5.41, 5.74) is 15.7. The molecule has 0 unspecified atom stereocenters. The van der Waals surface area contributed by atoms with Gasteiger partial charge in [-0.2, -0.15) is 0 Å². The van der Waals surface area contributed by atoms with Crippen molar-refractivity contribution in [1.82, 2.24) is 0 Å². The number of furan rings is 2. The van der Waals surface area contributed by atoms with Crippen LogP contribution in [0.15, 0.2) is 239 Å². The first-order valence-electron chi connectivity index (χ1n) is 22.4. The van der Waals surface area contributed by atoms with Crippen molar-refractivity contribution in [1.29, 1.82) is 0 Å². The van der Waals surface area contributed by atoms with Crippen molar-refractivity contribution in [2.75, 3.05) is 9.80 Å². The highest BCUT2D eigenvalue weighted by Gasteiger charge is 2.51. The van der Waals surface area contributed by atoms with E-state index < -0.39 is 5.41 Å². The van der Waals surface area contributed by atoms with Gasteiger partial charge in [0.15, 0.2) is 11.2 Å². The van der Waals surface area contributed by atoms with E-state index in [1.54, 1.807) is 0 Å². The minimum absolute atomic E-state index is 0.667. The van der Waals surface area contributed by atoms with Gasteiger partial charge in [-0.15, -0.1) is 0 Å². The lowest BCUT2D eigenvalue weighted by Crippen LogP contribution is -2.32. The van der Waals surface area contributed by atoms with Crippen molar-refractivity contribution >= 4 is 78.0 Å². The molecule has 5 nitrogen and oxygen atoms in total. The topological polar surface area (TPSA) is 42.0 Å². The molecule has 0 radical (unpaired) electrons. The van der Waals surface area contributed by atoms with E-state index in [4.69, 9.17) is 13.6 Å². The van der Waals surface area contributed by atoms with Crippen LogP contribution in [0, 0.1) is 0 Å². The molecule has 12 aromatic rings. The van der Waals surface area contributed by atoms with Gasteiger partial charge in [0.25, 0.3) is 0 Å². The van der Waals surface area contributed by atoms with Gasteiger partial charge in [-0.25, -0.2) is 0 Å². The van der Waals surface area contributed by atoms with Gasteiger partial charge in [0, 0.05) is 55.4 Å². The van der Waals surface area contributed by atoms with Gasteiger partial charge >= 0.3 is 0 Å². The van der Waals surface area contributed by atoms with Gasteiger partial charge in [-0.1, -0.05) is 146 Å². The largest absolute Gasteiger partial charge is 0.457 e. The van der Waals surface area contributed by atoms with Gasteiger partial charge in [0.05, 0.1) is 16.8 Å². The molecule has 0 amide bonds. The number of benzene rings is 10. The molecule has 1 aliphatic heterocycles. The summed E-state index contributed by atoms with van der Waals surface area (Å²) in [7, 11) is 0. The van der Waals surface area contributed by atoms with Crippen molar-refractivity contribution in [3.8, 4) is 22.6 Å². The molecule has 5 heteroatoms. The molecular formula is C61H38N2O3. The monoisotopic (exact) mass is 846 g/mol. The number of nitrogens with zero attached hydrogens (tertiary/aromatic N) is 2. The molecule has 0 N–H and O–H groups in total. The summed E-state index contributed by atoms with van der Waals surface area (Å²) in [6.07, 6.45) is 0. The number of fused-ring (bicyclic) bond motifs is 15. The minimum Gasteiger partial charge on any atom is -0.457 e. The normalized spacial score (nSPS) is 13.1. The predicted molar refractivity (Wildman–Crippen MR) is 268 cm³/mol. The van der Waals surface area contributed by atoms with Crippen LogP contribution in [0.25, 0.3) is 55.0 Å². The van der Waals surface area contributed by atoms with Gasteiger partial charge < -0.3 is 23.4 Å². The first kappa shape index (κ1) is 36.7. The van der Waals surface area contributed by atoms with Crippen LogP contribution < -0.4 is 14.5 Å². The second-order valence-corrected chi connectivity index (χ2v) is 17.2. The molecule has 0 saturated carbocycles. The highest BCUT2D eigenvalue weighted by atomic mass is 16.5. The molecule has 0 saturated heterocycles. The Morgan fingerprint density at radius 3 is 1.20 bits per heavy atom. The van der Waals surface area contributed by atoms with Crippen LogP contribution in [0.4, 0.5) is 34.1 Å². The SMILES string of the molecule is c1ccc(N(c2ccc3c(c2)-c2cc(N(c4ccccc4)c4cccc5c4oc4ccccc45)ccc2C32c3ccccc3Oc3ccccc32)c2cccc3c2oc2ccccc23)cc1. The summed E-state index contributed by atoms with van der Waals surface area (Å²) in [6.45, 7) is 0. The van der Waals surface area contributed by atoms with E-state index in [0.29, 0.717) is 0 Å². The smallest absolute Gasteiger partial charge is 0.159 e. The first-order chi connectivity index (χ1) is 32.7. The maximum absolute atomic E-state index is 6.74. The van der Waals surface area contributed by atoms with Gasteiger partial charge in [-0.05, 0) is 107 Å². The third-order valence-corrected chi connectivity index (χ3v) is 13.7. The van der Waals surface area contributed by atoms with Crippen molar-refractivity contribution in [3.63, 3.8) is 0 Å². The summed E-state index contributed by atoms with van der Waals surface area (Å²) in [5, 5.41) is 4.35. The molecule has 2 aliphatic rings. The minimum atomic E-state index is -0.667. The van der Waals surface area contributed by atoms with Crippen LogP contribution >= 0.6 is 0 Å². The second kappa shape index (κ2) is 14.1. The summed E-state index contributed by atoms with van der Waals surface area (Å²) < 4.78 is 20.2. The summed E-state index contributed by atoms with van der Waals surface area (Å²) >= 11 is 0. The number of para-hydroxylation sites is 8. The highest BCUT2D eigenvalue weighted by molar-refractivity contribution is 6.12. The van der Waals surface area contributed by atoms with Gasteiger partial charge in [-0.3, -0.25) is 0 Å². The highest BCUT2D eigenvalue weighted by Crippen LogP contribution is 2.63. The zero-order chi connectivity index (χ0) is 43.3. The summed E-state index contributed by atoms with van der Waals surface area (Å²) in [5.74, 6) is 1.71. The average Bonchev–Trinajstić information content (AvgIpc) is 4.04. The van der Waals surface area contributed by atoms with E-state index in [2.05, 4.69) is 216 Å². The van der Waals surface area contributed by atoms with Crippen molar-refractivity contribution in [2.24, 2.45) is 0 Å². The van der Waals surface area contributed by atoms with Gasteiger partial charge in [0.2, 0.25) is 0 Å². The lowest BCUT2D eigenvalue weighted by atomic mass is 9.66. The Morgan fingerprint density at radius 1 is 0.303 bits per heavy atom. The predicted octanol–water partition coefficient (Wildman–Crippen LogP) is 16.9. The van der Waals surface area contributed by atoms with E-state index in [1.165, 1.54) is 11.1 Å². The molecule has 10 aromatic carbocycles.